The van der Waals surface area contributed by atoms with Crippen molar-refractivity contribution in [2.75, 3.05) is 0 Å². The third-order valence-corrected chi connectivity index (χ3v) is 3.20. The molecule has 1 heterocycles. The largest absolute Gasteiger partial charge is 0.446 e. The zero-order chi connectivity index (χ0) is 13.7. The zero-order valence-electron chi connectivity index (χ0n) is 9.87. The van der Waals surface area contributed by atoms with Crippen LogP contribution in [0.2, 0.25) is 0 Å². The summed E-state index contributed by atoms with van der Waals surface area (Å²) in [5, 5.41) is 0. The molecule has 0 amide bonds. The Morgan fingerprint density at radius 3 is 2.63 bits per heavy atom. The number of nitrogens with two attached hydrogens (primary N) is 1. The Balaban J connectivity index is 1.96. The van der Waals surface area contributed by atoms with Gasteiger partial charge < -0.3 is 10.2 Å². The zero-order valence-corrected chi connectivity index (χ0v) is 9.87. The minimum Gasteiger partial charge on any atom is -0.446 e. The molecule has 0 spiro atoms. The number of oxazole rings is 1. The standard InChI is InChI=1S/C13H11F3N2O/c14-13(15,16)9-3-1-2-8(6-9)10-7-19-11(18-10)12(17)4-5-12/h1-3,6-7H,4-5,17H2. The Bertz CT molecular complexity index is 614. The lowest BCUT2D eigenvalue weighted by molar-refractivity contribution is -0.137. The second-order valence-electron chi connectivity index (χ2n) is 4.77. The average Bonchev–Trinajstić information content (AvgIpc) is 2.93. The van der Waals surface area contributed by atoms with Gasteiger partial charge in [-0.1, -0.05) is 12.1 Å². The van der Waals surface area contributed by atoms with Gasteiger partial charge in [-0.2, -0.15) is 13.2 Å². The van der Waals surface area contributed by atoms with Crippen molar-refractivity contribution in [1.29, 1.82) is 0 Å². The third-order valence-electron chi connectivity index (χ3n) is 3.20. The molecule has 1 fully saturated rings. The molecule has 0 radical (unpaired) electrons. The number of rotatable bonds is 2. The molecule has 0 unspecified atom stereocenters. The maximum Gasteiger partial charge on any atom is 0.416 e. The van der Waals surface area contributed by atoms with Crippen LogP contribution < -0.4 is 5.73 Å². The Morgan fingerprint density at radius 1 is 1.26 bits per heavy atom. The summed E-state index contributed by atoms with van der Waals surface area (Å²) < 4.78 is 43.1. The highest BCUT2D eigenvalue weighted by atomic mass is 19.4. The smallest absolute Gasteiger partial charge is 0.416 e. The molecular formula is C13H11F3N2O. The van der Waals surface area contributed by atoms with Crippen molar-refractivity contribution in [3.63, 3.8) is 0 Å². The van der Waals surface area contributed by atoms with Gasteiger partial charge in [-0.05, 0) is 25.0 Å². The number of benzene rings is 1. The molecular weight excluding hydrogens is 257 g/mol. The second-order valence-corrected chi connectivity index (χ2v) is 4.77. The van der Waals surface area contributed by atoms with Crippen LogP contribution in [0.25, 0.3) is 11.3 Å². The van der Waals surface area contributed by atoms with Crippen molar-refractivity contribution in [1.82, 2.24) is 4.98 Å². The number of halogens is 3. The Kier molecular flexibility index (Phi) is 2.47. The normalized spacial score (nSPS) is 17.5. The summed E-state index contributed by atoms with van der Waals surface area (Å²) in [6.07, 6.45) is -1.45. The van der Waals surface area contributed by atoms with E-state index in [0.29, 0.717) is 17.1 Å². The van der Waals surface area contributed by atoms with Crippen molar-refractivity contribution >= 4 is 0 Å². The third kappa shape index (κ3) is 2.23. The minimum absolute atomic E-state index is 0.370. The van der Waals surface area contributed by atoms with E-state index >= 15 is 0 Å². The van der Waals surface area contributed by atoms with E-state index in [4.69, 9.17) is 10.2 Å². The predicted molar refractivity (Wildman–Crippen MR) is 62.0 cm³/mol. The molecule has 1 aliphatic rings. The van der Waals surface area contributed by atoms with E-state index in [0.717, 1.165) is 25.0 Å². The van der Waals surface area contributed by atoms with Crippen molar-refractivity contribution in [2.45, 2.75) is 24.6 Å². The lowest BCUT2D eigenvalue weighted by atomic mass is 10.1. The quantitative estimate of drug-likeness (QED) is 0.909. The van der Waals surface area contributed by atoms with Crippen LogP contribution in [0.15, 0.2) is 34.9 Å². The van der Waals surface area contributed by atoms with Gasteiger partial charge in [0.15, 0.2) is 0 Å². The van der Waals surface area contributed by atoms with Gasteiger partial charge in [-0.15, -0.1) is 0 Å². The Morgan fingerprint density at radius 2 is 2.00 bits per heavy atom. The molecule has 0 bridgehead atoms. The summed E-state index contributed by atoms with van der Waals surface area (Å²) in [6.45, 7) is 0. The lowest BCUT2D eigenvalue weighted by Gasteiger charge is -2.07. The first-order chi connectivity index (χ1) is 8.88. The van der Waals surface area contributed by atoms with Gasteiger partial charge >= 0.3 is 6.18 Å². The molecule has 1 aliphatic carbocycles. The summed E-state index contributed by atoms with van der Waals surface area (Å²) in [5.41, 5.74) is 5.43. The fourth-order valence-corrected chi connectivity index (χ4v) is 1.84. The number of hydrogen-bond donors (Lipinski definition) is 1. The van der Waals surface area contributed by atoms with E-state index in [-0.39, 0.29) is 0 Å². The molecule has 3 rings (SSSR count). The fourth-order valence-electron chi connectivity index (χ4n) is 1.84. The van der Waals surface area contributed by atoms with Gasteiger partial charge in [0.2, 0.25) is 5.89 Å². The summed E-state index contributed by atoms with van der Waals surface area (Å²) in [5.74, 6) is 0.389. The predicted octanol–water partition coefficient (Wildman–Crippen LogP) is 3.31. The molecule has 0 atom stereocenters. The average molecular weight is 268 g/mol. The van der Waals surface area contributed by atoms with Crippen LogP contribution >= 0.6 is 0 Å². The Labute approximate surface area is 107 Å². The maximum absolute atomic E-state index is 12.6. The fraction of sp³-hybridized carbons (Fsp3) is 0.308. The van der Waals surface area contributed by atoms with E-state index in [1.807, 2.05) is 0 Å². The molecule has 3 nitrogen and oxygen atoms in total. The monoisotopic (exact) mass is 268 g/mol. The van der Waals surface area contributed by atoms with E-state index in [9.17, 15) is 13.2 Å². The summed E-state index contributed by atoms with van der Waals surface area (Å²) >= 11 is 0. The first-order valence-electron chi connectivity index (χ1n) is 5.81. The van der Waals surface area contributed by atoms with E-state index in [1.54, 1.807) is 6.07 Å². The van der Waals surface area contributed by atoms with Gasteiger partial charge in [0.05, 0.1) is 11.1 Å². The molecule has 0 saturated heterocycles. The molecule has 1 aromatic heterocycles. The topological polar surface area (TPSA) is 52.0 Å². The number of alkyl halides is 3. The molecule has 1 saturated carbocycles. The van der Waals surface area contributed by atoms with Gasteiger partial charge in [0.1, 0.15) is 12.0 Å². The van der Waals surface area contributed by atoms with Crippen LogP contribution in [0.1, 0.15) is 24.3 Å². The van der Waals surface area contributed by atoms with E-state index < -0.39 is 17.3 Å². The summed E-state index contributed by atoms with van der Waals surface area (Å²) in [7, 11) is 0. The molecule has 0 aliphatic heterocycles. The first-order valence-corrected chi connectivity index (χ1v) is 5.81. The van der Waals surface area contributed by atoms with Crippen LogP contribution in [-0.2, 0) is 11.7 Å². The minimum atomic E-state index is -4.37. The van der Waals surface area contributed by atoms with Crippen LogP contribution in [0.3, 0.4) is 0 Å². The summed E-state index contributed by atoms with van der Waals surface area (Å²) in [4.78, 5) is 4.18. The molecule has 6 heteroatoms. The first kappa shape index (κ1) is 12.2. The van der Waals surface area contributed by atoms with Crippen molar-refractivity contribution in [3.05, 3.63) is 42.0 Å². The summed E-state index contributed by atoms with van der Waals surface area (Å²) in [6, 6.07) is 4.99. The van der Waals surface area contributed by atoms with Crippen LogP contribution in [0.4, 0.5) is 13.2 Å². The maximum atomic E-state index is 12.6. The second kappa shape index (κ2) is 3.84. The molecule has 19 heavy (non-hydrogen) atoms. The number of hydrogen-bond acceptors (Lipinski definition) is 3. The van der Waals surface area contributed by atoms with E-state index in [1.165, 1.54) is 12.3 Å². The molecule has 1 aromatic carbocycles. The Hall–Kier alpha value is -1.82. The van der Waals surface area contributed by atoms with Crippen molar-refractivity contribution in [2.24, 2.45) is 5.73 Å². The van der Waals surface area contributed by atoms with Crippen molar-refractivity contribution in [3.8, 4) is 11.3 Å². The van der Waals surface area contributed by atoms with Crippen LogP contribution in [0, 0.1) is 0 Å². The highest BCUT2D eigenvalue weighted by Gasteiger charge is 2.44. The van der Waals surface area contributed by atoms with Crippen molar-refractivity contribution < 1.29 is 17.6 Å². The van der Waals surface area contributed by atoms with Gasteiger partial charge in [0.25, 0.3) is 0 Å². The highest BCUT2D eigenvalue weighted by molar-refractivity contribution is 5.59. The number of aromatic nitrogens is 1. The van der Waals surface area contributed by atoms with E-state index in [2.05, 4.69) is 4.98 Å². The lowest BCUT2D eigenvalue weighted by Crippen LogP contribution is -2.18. The van der Waals surface area contributed by atoms with Gasteiger partial charge in [-0.3, -0.25) is 0 Å². The molecule has 100 valence electrons. The molecule has 2 aromatic rings. The van der Waals surface area contributed by atoms with Crippen LogP contribution in [-0.4, -0.2) is 4.98 Å². The van der Waals surface area contributed by atoms with Gasteiger partial charge in [0, 0.05) is 5.56 Å². The molecule has 2 N–H and O–H groups in total. The van der Waals surface area contributed by atoms with Gasteiger partial charge in [-0.25, -0.2) is 4.98 Å². The number of nitrogens with zero attached hydrogens (tertiary/aromatic N) is 1. The van der Waals surface area contributed by atoms with Crippen LogP contribution in [0.5, 0.6) is 0 Å². The SMILES string of the molecule is NC1(c2nc(-c3cccc(C(F)(F)F)c3)co2)CC1. The highest BCUT2D eigenvalue weighted by Crippen LogP contribution is 2.42.